The van der Waals surface area contributed by atoms with Gasteiger partial charge >= 0.3 is 12.2 Å². The van der Waals surface area contributed by atoms with E-state index in [1.165, 1.54) is 16.4 Å². The molecule has 0 radical (unpaired) electrons. The van der Waals surface area contributed by atoms with Gasteiger partial charge in [0.1, 0.15) is 11.6 Å². The molecular weight excluding hydrogens is 613 g/mol. The van der Waals surface area contributed by atoms with Crippen molar-refractivity contribution in [3.05, 3.63) is 41.2 Å². The van der Waals surface area contributed by atoms with Gasteiger partial charge in [-0.1, -0.05) is 24.3 Å². The summed E-state index contributed by atoms with van der Waals surface area (Å²) in [6, 6.07) is 5.66. The van der Waals surface area contributed by atoms with E-state index in [0.29, 0.717) is 24.9 Å². The summed E-state index contributed by atoms with van der Waals surface area (Å²) >= 11 is 0. The molecule has 43 heavy (non-hydrogen) atoms. The van der Waals surface area contributed by atoms with E-state index < -0.39 is 54.9 Å². The molecule has 1 aliphatic heterocycles. The Morgan fingerprint density at radius 3 is 2.16 bits per heavy atom. The van der Waals surface area contributed by atoms with E-state index in [-0.39, 0.29) is 55.7 Å². The summed E-state index contributed by atoms with van der Waals surface area (Å²) in [7, 11) is -3.47. The van der Waals surface area contributed by atoms with E-state index in [1.807, 2.05) is 0 Å². The SMILES string of the molecule is CCS(=O)(=O)N1CCN(c2nc(Cc3ccc(C(=O)CS(=O)(=O)C4(CN(C)C)CC4)cc3)nc(OCC(F)(F)F)n2)CC1. The Hall–Kier alpha value is -2.89. The van der Waals surface area contributed by atoms with Gasteiger partial charge in [-0.25, -0.2) is 16.8 Å². The molecule has 1 saturated heterocycles. The number of sulfonamides is 1. The average Bonchev–Trinajstić information content (AvgIpc) is 3.72. The first-order valence-corrected chi connectivity index (χ1v) is 17.0. The molecule has 1 aromatic heterocycles. The van der Waals surface area contributed by atoms with Gasteiger partial charge in [-0.15, -0.1) is 0 Å². The van der Waals surface area contributed by atoms with Gasteiger partial charge in [-0.2, -0.15) is 32.4 Å². The van der Waals surface area contributed by atoms with Crippen LogP contribution in [-0.2, 0) is 26.3 Å². The second kappa shape index (κ2) is 12.6. The Morgan fingerprint density at radius 2 is 1.63 bits per heavy atom. The summed E-state index contributed by atoms with van der Waals surface area (Å²) in [6.07, 6.45) is -3.51. The van der Waals surface area contributed by atoms with Gasteiger partial charge in [0, 0.05) is 44.7 Å². The predicted octanol–water partition coefficient (Wildman–Crippen LogP) is 1.57. The van der Waals surface area contributed by atoms with Crippen molar-refractivity contribution in [2.75, 3.05) is 69.8 Å². The topological polar surface area (TPSA) is 143 Å². The lowest BCUT2D eigenvalue weighted by Gasteiger charge is -2.33. The van der Waals surface area contributed by atoms with Gasteiger partial charge in [0.05, 0.1) is 10.5 Å². The van der Waals surface area contributed by atoms with Gasteiger partial charge in [0.15, 0.2) is 22.2 Å². The lowest BCUT2D eigenvalue weighted by Crippen LogP contribution is -2.49. The van der Waals surface area contributed by atoms with Crippen LogP contribution in [0.3, 0.4) is 0 Å². The van der Waals surface area contributed by atoms with E-state index in [4.69, 9.17) is 4.74 Å². The third-order valence-electron chi connectivity index (χ3n) is 7.33. The van der Waals surface area contributed by atoms with Gasteiger partial charge in [0.2, 0.25) is 16.0 Å². The van der Waals surface area contributed by atoms with Crippen LogP contribution in [0.4, 0.5) is 19.1 Å². The molecule has 1 aliphatic carbocycles. The summed E-state index contributed by atoms with van der Waals surface area (Å²) in [5, 5.41) is 0. The number of piperazine rings is 1. The average molecular weight is 649 g/mol. The lowest BCUT2D eigenvalue weighted by atomic mass is 10.1. The van der Waals surface area contributed by atoms with Crippen molar-refractivity contribution in [3.63, 3.8) is 0 Å². The molecule has 0 amide bonds. The van der Waals surface area contributed by atoms with Crippen LogP contribution in [0.5, 0.6) is 6.01 Å². The first-order valence-electron chi connectivity index (χ1n) is 13.7. The van der Waals surface area contributed by atoms with Crippen molar-refractivity contribution in [1.29, 1.82) is 0 Å². The van der Waals surface area contributed by atoms with Crippen LogP contribution in [0.1, 0.15) is 41.5 Å². The molecule has 1 aromatic carbocycles. The Kier molecular flexibility index (Phi) is 9.68. The number of nitrogens with zero attached hydrogens (tertiary/aromatic N) is 6. The number of Topliss-reactive ketones (excluding diaryl/α,β-unsaturated/α-hetero) is 1. The normalized spacial score (nSPS) is 17.7. The Balaban J connectivity index is 1.48. The zero-order valence-electron chi connectivity index (χ0n) is 24.2. The Morgan fingerprint density at radius 1 is 1.00 bits per heavy atom. The third kappa shape index (κ3) is 8.39. The smallest absolute Gasteiger partial charge is 0.422 e. The van der Waals surface area contributed by atoms with Gasteiger partial charge < -0.3 is 14.5 Å². The monoisotopic (exact) mass is 648 g/mol. The number of rotatable bonds is 13. The van der Waals surface area contributed by atoms with Crippen molar-refractivity contribution < 1.29 is 39.5 Å². The van der Waals surface area contributed by atoms with E-state index in [9.17, 15) is 34.8 Å². The van der Waals surface area contributed by atoms with Crippen molar-refractivity contribution >= 4 is 31.6 Å². The van der Waals surface area contributed by atoms with Crippen molar-refractivity contribution in [2.24, 2.45) is 0 Å². The fourth-order valence-electron chi connectivity index (χ4n) is 4.85. The fourth-order valence-corrected chi connectivity index (χ4v) is 7.93. The Labute approximate surface area is 249 Å². The minimum atomic E-state index is -4.62. The second-order valence-electron chi connectivity index (χ2n) is 11.0. The van der Waals surface area contributed by atoms with Crippen molar-refractivity contribution in [2.45, 2.75) is 37.1 Å². The number of hydrogen-bond acceptors (Lipinski definition) is 11. The van der Waals surface area contributed by atoms with E-state index in [2.05, 4.69) is 15.0 Å². The highest BCUT2D eigenvalue weighted by Gasteiger charge is 2.54. The molecule has 2 aliphatic rings. The number of carbonyl (C=O) groups excluding carboxylic acids is 1. The van der Waals surface area contributed by atoms with E-state index in [1.54, 1.807) is 43.0 Å². The molecule has 17 heteroatoms. The van der Waals surface area contributed by atoms with Crippen LogP contribution in [0.15, 0.2) is 24.3 Å². The van der Waals surface area contributed by atoms with Crippen LogP contribution in [0, 0.1) is 0 Å². The highest BCUT2D eigenvalue weighted by molar-refractivity contribution is 7.93. The minimum absolute atomic E-state index is 0.0459. The summed E-state index contributed by atoms with van der Waals surface area (Å²) < 4.78 is 94.0. The van der Waals surface area contributed by atoms with Gasteiger partial charge in [-0.05, 0) is 39.4 Å². The van der Waals surface area contributed by atoms with E-state index >= 15 is 0 Å². The molecule has 0 atom stereocenters. The van der Waals surface area contributed by atoms with Gasteiger partial charge in [-0.3, -0.25) is 4.79 Å². The highest BCUT2D eigenvalue weighted by Crippen LogP contribution is 2.44. The molecule has 2 heterocycles. The molecule has 1 saturated carbocycles. The largest absolute Gasteiger partial charge is 0.454 e. The van der Waals surface area contributed by atoms with Crippen LogP contribution in [0.25, 0.3) is 0 Å². The quantitative estimate of drug-likeness (QED) is 0.292. The van der Waals surface area contributed by atoms with Crippen LogP contribution < -0.4 is 9.64 Å². The summed E-state index contributed by atoms with van der Waals surface area (Å²) in [5.41, 5.74) is 0.835. The predicted molar refractivity (Wildman–Crippen MR) is 153 cm³/mol. The molecule has 0 bridgehead atoms. The number of hydrogen-bond donors (Lipinski definition) is 0. The maximum absolute atomic E-state index is 12.9. The number of sulfone groups is 1. The summed E-state index contributed by atoms with van der Waals surface area (Å²) in [5.74, 6) is -1.00. The molecule has 12 nitrogen and oxygen atoms in total. The zero-order chi connectivity index (χ0) is 31.6. The maximum atomic E-state index is 12.9. The fraction of sp³-hybridized carbons (Fsp3) is 0.615. The molecule has 0 spiro atoms. The molecule has 2 fully saturated rings. The number of ketones is 1. The number of carbonyl (C=O) groups is 1. The number of benzene rings is 1. The molecule has 2 aromatic rings. The summed E-state index contributed by atoms with van der Waals surface area (Å²) in [4.78, 5) is 28.7. The molecule has 238 valence electrons. The zero-order valence-corrected chi connectivity index (χ0v) is 25.8. The number of halogens is 3. The number of alkyl halides is 3. The first-order chi connectivity index (χ1) is 20.0. The third-order valence-corrected chi connectivity index (χ3v) is 11.7. The number of anilines is 1. The minimum Gasteiger partial charge on any atom is -0.454 e. The van der Waals surface area contributed by atoms with E-state index in [0.717, 1.165) is 0 Å². The lowest BCUT2D eigenvalue weighted by molar-refractivity contribution is -0.154. The Bertz CT molecular complexity index is 1520. The maximum Gasteiger partial charge on any atom is 0.422 e. The van der Waals surface area contributed by atoms with Crippen LogP contribution in [-0.4, -0.2) is 123 Å². The summed E-state index contributed by atoms with van der Waals surface area (Å²) in [6.45, 7) is 1.07. The highest BCUT2D eigenvalue weighted by atomic mass is 32.2. The second-order valence-corrected chi connectivity index (χ2v) is 15.6. The van der Waals surface area contributed by atoms with Crippen molar-refractivity contribution in [1.82, 2.24) is 24.2 Å². The first kappa shape index (κ1) is 33.0. The molecule has 0 N–H and O–H groups in total. The molecule has 4 rings (SSSR count). The standard InChI is InChI=1S/C26H35F3N6O6S2/c1-4-43(39,40)35-13-11-34(12-14-35)23-30-22(31-24(32-23)41-18-26(27,28)29)15-19-5-7-20(8-6-19)21(36)16-42(37,38)25(9-10-25)17-33(2)3/h5-8H,4,9-18H2,1-3H3. The number of aromatic nitrogens is 3. The van der Waals surface area contributed by atoms with Crippen LogP contribution in [0.2, 0.25) is 0 Å². The van der Waals surface area contributed by atoms with Gasteiger partial charge in [0.25, 0.3) is 0 Å². The van der Waals surface area contributed by atoms with Crippen molar-refractivity contribution in [3.8, 4) is 6.01 Å². The van der Waals surface area contributed by atoms with Crippen LogP contribution >= 0.6 is 0 Å². The molecule has 0 unspecified atom stereocenters. The number of ether oxygens (including phenoxy) is 1. The molecular formula is C26H35F3N6O6S2.